The summed E-state index contributed by atoms with van der Waals surface area (Å²) in [4.78, 5) is 25.8. The SMILES string of the molecule is C[S+]([O-])CCNCC1=CC(=O)C(c2cc3c(Nc4ccc(OCc5ccccc5)cc4)ncnc3cn2)O1. The summed E-state index contributed by atoms with van der Waals surface area (Å²) in [7, 11) is 0. The Kier molecular flexibility index (Phi) is 8.12. The lowest BCUT2D eigenvalue weighted by molar-refractivity contribution is -0.121. The van der Waals surface area contributed by atoms with Gasteiger partial charge in [0, 0.05) is 23.7 Å². The van der Waals surface area contributed by atoms with Gasteiger partial charge in [-0.3, -0.25) is 9.78 Å². The van der Waals surface area contributed by atoms with E-state index >= 15 is 0 Å². The predicted octanol–water partition coefficient (Wildman–Crippen LogP) is 3.84. The van der Waals surface area contributed by atoms with Crippen LogP contribution in [-0.4, -0.2) is 50.4 Å². The van der Waals surface area contributed by atoms with E-state index in [-0.39, 0.29) is 5.78 Å². The summed E-state index contributed by atoms with van der Waals surface area (Å²) < 4.78 is 23.0. The molecule has 0 saturated carbocycles. The number of anilines is 2. The van der Waals surface area contributed by atoms with Crippen molar-refractivity contribution in [3.63, 3.8) is 0 Å². The van der Waals surface area contributed by atoms with E-state index < -0.39 is 17.3 Å². The maximum absolute atomic E-state index is 12.6. The second-order valence-electron chi connectivity index (χ2n) is 8.74. The van der Waals surface area contributed by atoms with Gasteiger partial charge >= 0.3 is 0 Å². The summed E-state index contributed by atoms with van der Waals surface area (Å²) in [6, 6.07) is 19.4. The fourth-order valence-corrected chi connectivity index (χ4v) is 4.37. The Morgan fingerprint density at radius 3 is 2.68 bits per heavy atom. The van der Waals surface area contributed by atoms with Gasteiger partial charge in [0.15, 0.2) is 0 Å². The highest BCUT2D eigenvalue weighted by molar-refractivity contribution is 7.90. The van der Waals surface area contributed by atoms with Crippen LogP contribution in [0.1, 0.15) is 17.4 Å². The first-order chi connectivity index (χ1) is 18.5. The second-order valence-corrected chi connectivity index (χ2v) is 10.3. The summed E-state index contributed by atoms with van der Waals surface area (Å²) in [5.74, 6) is 2.24. The molecule has 1 aliphatic rings. The molecule has 2 aromatic carbocycles. The van der Waals surface area contributed by atoms with E-state index in [9.17, 15) is 9.35 Å². The smallest absolute Gasteiger partial charge is 0.205 e. The third-order valence-corrected chi connectivity index (χ3v) is 6.65. The number of nitrogens with zero attached hydrogens (tertiary/aromatic N) is 3. The van der Waals surface area contributed by atoms with Crippen LogP contribution in [0.5, 0.6) is 5.75 Å². The van der Waals surface area contributed by atoms with Crippen molar-refractivity contribution in [1.82, 2.24) is 20.3 Å². The first-order valence-corrected chi connectivity index (χ1v) is 13.8. The molecule has 1 aliphatic heterocycles. The Hall–Kier alpha value is -3.99. The molecule has 10 heteroatoms. The zero-order chi connectivity index (χ0) is 26.3. The van der Waals surface area contributed by atoms with E-state index in [1.165, 1.54) is 12.4 Å². The van der Waals surface area contributed by atoms with Crippen molar-refractivity contribution in [3.8, 4) is 5.75 Å². The number of ether oxygens (including phenoxy) is 2. The van der Waals surface area contributed by atoms with Gasteiger partial charge < -0.3 is 24.7 Å². The third-order valence-electron chi connectivity index (χ3n) is 5.87. The first-order valence-electron chi connectivity index (χ1n) is 12.1. The van der Waals surface area contributed by atoms with Gasteiger partial charge in [0.2, 0.25) is 11.9 Å². The van der Waals surface area contributed by atoms with Crippen LogP contribution >= 0.6 is 0 Å². The van der Waals surface area contributed by atoms with Crippen molar-refractivity contribution in [3.05, 3.63) is 96.3 Å². The minimum absolute atomic E-state index is 0.176. The van der Waals surface area contributed by atoms with Crippen LogP contribution in [0.2, 0.25) is 0 Å². The molecule has 2 atom stereocenters. The van der Waals surface area contributed by atoms with Crippen molar-refractivity contribution >= 4 is 39.4 Å². The van der Waals surface area contributed by atoms with Crippen molar-refractivity contribution in [2.45, 2.75) is 12.7 Å². The molecule has 2 N–H and O–H groups in total. The van der Waals surface area contributed by atoms with Crippen LogP contribution in [0, 0.1) is 0 Å². The molecule has 0 amide bonds. The van der Waals surface area contributed by atoms with E-state index in [1.807, 2.05) is 54.6 Å². The number of ketones is 1. The second kappa shape index (κ2) is 12.0. The number of hydrogen-bond donors (Lipinski definition) is 2. The van der Waals surface area contributed by atoms with E-state index in [1.54, 1.807) is 18.5 Å². The molecular formula is C28H27N5O4S. The fourth-order valence-electron chi connectivity index (χ4n) is 3.93. The van der Waals surface area contributed by atoms with E-state index in [4.69, 9.17) is 9.47 Å². The minimum Gasteiger partial charge on any atom is -0.617 e. The lowest BCUT2D eigenvalue weighted by Gasteiger charge is -2.14. The average molecular weight is 530 g/mol. The molecule has 0 fully saturated rings. The zero-order valence-corrected chi connectivity index (χ0v) is 21.6. The van der Waals surface area contributed by atoms with Crippen LogP contribution in [0.25, 0.3) is 10.9 Å². The summed E-state index contributed by atoms with van der Waals surface area (Å²) in [5.41, 5.74) is 3.04. The Labute approximate surface area is 223 Å². The number of carbonyl (C=O) groups is 1. The van der Waals surface area contributed by atoms with Gasteiger partial charge in [0.1, 0.15) is 36.0 Å². The molecule has 2 aromatic heterocycles. The molecular weight excluding hydrogens is 502 g/mol. The van der Waals surface area contributed by atoms with Gasteiger partial charge in [0.05, 0.1) is 30.2 Å². The molecule has 3 heterocycles. The first kappa shape index (κ1) is 25.7. The Bertz CT molecular complexity index is 1430. The highest BCUT2D eigenvalue weighted by Crippen LogP contribution is 2.31. The van der Waals surface area contributed by atoms with Gasteiger partial charge in [-0.15, -0.1) is 0 Å². The summed E-state index contributed by atoms with van der Waals surface area (Å²) >= 11 is -0.876. The number of fused-ring (bicyclic) bond motifs is 1. The molecule has 0 radical (unpaired) electrons. The Balaban J connectivity index is 1.25. The average Bonchev–Trinajstić information content (AvgIpc) is 3.31. The van der Waals surface area contributed by atoms with Crippen molar-refractivity contribution in [1.29, 1.82) is 0 Å². The van der Waals surface area contributed by atoms with Crippen LogP contribution < -0.4 is 15.4 Å². The normalized spacial score (nSPS) is 15.7. The molecule has 194 valence electrons. The molecule has 9 nitrogen and oxygen atoms in total. The van der Waals surface area contributed by atoms with Crippen molar-refractivity contribution in [2.75, 3.05) is 30.4 Å². The molecule has 0 aliphatic carbocycles. The standard InChI is InChI=1S/C28H27N5O4S/c1-38(35)12-11-29-15-22-13-26(34)27(37-22)24-14-23-25(16-30-24)31-18-32-28(23)33-20-7-9-21(10-8-20)36-17-19-5-3-2-4-6-19/h2-10,13-14,16,18,27,29H,11-12,15,17H2,1H3,(H,31,32,33). The molecule has 4 aromatic rings. The molecule has 0 spiro atoms. The minimum atomic E-state index is -0.876. The number of nitrogens with one attached hydrogen (secondary N) is 2. The quantitative estimate of drug-likeness (QED) is 0.220. The van der Waals surface area contributed by atoms with Crippen LogP contribution in [0.3, 0.4) is 0 Å². The van der Waals surface area contributed by atoms with Crippen LogP contribution in [0.4, 0.5) is 11.5 Å². The highest BCUT2D eigenvalue weighted by atomic mass is 32.2. The number of carbonyl (C=O) groups excluding carboxylic acids is 1. The number of aromatic nitrogens is 3. The molecule has 5 rings (SSSR count). The predicted molar refractivity (Wildman–Crippen MR) is 147 cm³/mol. The fraction of sp³-hybridized carbons (Fsp3) is 0.214. The van der Waals surface area contributed by atoms with Gasteiger partial charge in [-0.05, 0) is 35.9 Å². The number of benzene rings is 2. The van der Waals surface area contributed by atoms with E-state index in [0.717, 1.165) is 22.4 Å². The molecule has 0 saturated heterocycles. The van der Waals surface area contributed by atoms with E-state index in [0.29, 0.717) is 48.2 Å². The Morgan fingerprint density at radius 1 is 1.08 bits per heavy atom. The van der Waals surface area contributed by atoms with E-state index in [2.05, 4.69) is 25.6 Å². The molecule has 38 heavy (non-hydrogen) atoms. The maximum Gasteiger partial charge on any atom is 0.205 e. The maximum atomic E-state index is 12.6. The van der Waals surface area contributed by atoms with Crippen LogP contribution in [-0.2, 0) is 27.3 Å². The molecule has 0 bridgehead atoms. The largest absolute Gasteiger partial charge is 0.617 e. The summed E-state index contributed by atoms with van der Waals surface area (Å²) in [6.07, 6.45) is 5.39. The monoisotopic (exact) mass is 529 g/mol. The van der Waals surface area contributed by atoms with Gasteiger partial charge in [-0.2, -0.15) is 0 Å². The zero-order valence-electron chi connectivity index (χ0n) is 20.8. The summed E-state index contributed by atoms with van der Waals surface area (Å²) in [5, 5.41) is 7.18. The number of hydrogen-bond acceptors (Lipinski definition) is 9. The van der Waals surface area contributed by atoms with Gasteiger partial charge in [-0.25, -0.2) is 9.97 Å². The van der Waals surface area contributed by atoms with Gasteiger partial charge in [0.25, 0.3) is 0 Å². The topological polar surface area (TPSA) is 121 Å². The Morgan fingerprint density at radius 2 is 1.89 bits per heavy atom. The third kappa shape index (κ3) is 6.46. The lowest BCUT2D eigenvalue weighted by Crippen LogP contribution is -2.24. The van der Waals surface area contributed by atoms with Crippen molar-refractivity contribution < 1.29 is 18.8 Å². The molecule has 2 unspecified atom stereocenters. The van der Waals surface area contributed by atoms with Crippen molar-refractivity contribution in [2.24, 2.45) is 0 Å². The highest BCUT2D eigenvalue weighted by Gasteiger charge is 2.30. The van der Waals surface area contributed by atoms with Gasteiger partial charge in [-0.1, -0.05) is 41.5 Å². The van der Waals surface area contributed by atoms with Crippen LogP contribution in [0.15, 0.2) is 85.0 Å². The number of pyridine rings is 1. The number of rotatable bonds is 11. The summed E-state index contributed by atoms with van der Waals surface area (Å²) in [6.45, 7) is 1.45. The lowest BCUT2D eigenvalue weighted by atomic mass is 10.1.